The van der Waals surface area contributed by atoms with Crippen LogP contribution in [0.3, 0.4) is 0 Å². The van der Waals surface area contributed by atoms with Crippen LogP contribution in [0.15, 0.2) is 53.3 Å². The molecule has 1 aromatic heterocycles. The average molecular weight is 393 g/mol. The summed E-state index contributed by atoms with van der Waals surface area (Å²) < 4.78 is 10.3. The molecule has 2 N–H and O–H groups in total. The molecule has 1 aliphatic heterocycles. The largest absolute Gasteiger partial charge is 0.450 e. The van der Waals surface area contributed by atoms with Crippen molar-refractivity contribution in [2.75, 3.05) is 43.1 Å². The van der Waals surface area contributed by atoms with Gasteiger partial charge in [-0.15, -0.1) is 0 Å². The van der Waals surface area contributed by atoms with Gasteiger partial charge in [0.2, 0.25) is 0 Å². The van der Waals surface area contributed by atoms with Crippen molar-refractivity contribution in [3.63, 3.8) is 0 Å². The lowest BCUT2D eigenvalue weighted by Crippen LogP contribution is -2.36. The highest BCUT2D eigenvalue weighted by molar-refractivity contribution is 5.93. The van der Waals surface area contributed by atoms with Gasteiger partial charge in [-0.3, -0.25) is 10.1 Å². The van der Waals surface area contributed by atoms with Crippen LogP contribution in [0.4, 0.5) is 16.2 Å². The molecule has 0 atom stereocenters. The number of hydrogen-bond donors (Lipinski definition) is 2. The van der Waals surface area contributed by atoms with Crippen molar-refractivity contribution in [2.45, 2.75) is 6.92 Å². The second kappa shape index (κ2) is 8.36. The first-order valence-corrected chi connectivity index (χ1v) is 9.68. The molecular formula is C22H23N3O4. The predicted octanol–water partition coefficient (Wildman–Crippen LogP) is 3.60. The van der Waals surface area contributed by atoms with Crippen molar-refractivity contribution >= 4 is 28.2 Å². The molecule has 0 saturated carbocycles. The number of ether oxygens (including phenoxy) is 2. The number of morpholine rings is 1. The molecule has 2 aromatic carbocycles. The molecular weight excluding hydrogens is 370 g/mol. The van der Waals surface area contributed by atoms with Crippen molar-refractivity contribution in [3.8, 4) is 11.3 Å². The Balaban J connectivity index is 1.71. The zero-order valence-electron chi connectivity index (χ0n) is 16.2. The fraction of sp³-hybridized carbons (Fsp3) is 0.273. The fourth-order valence-electron chi connectivity index (χ4n) is 3.55. The summed E-state index contributed by atoms with van der Waals surface area (Å²) >= 11 is 0. The van der Waals surface area contributed by atoms with E-state index >= 15 is 0 Å². The molecule has 0 unspecified atom stereocenters. The summed E-state index contributed by atoms with van der Waals surface area (Å²) in [6.07, 6.45) is -0.542. The number of rotatable bonds is 4. The molecule has 29 heavy (non-hydrogen) atoms. The molecule has 1 amide bonds. The molecule has 0 aliphatic carbocycles. The van der Waals surface area contributed by atoms with Crippen molar-refractivity contribution in [3.05, 3.63) is 58.9 Å². The van der Waals surface area contributed by atoms with Crippen molar-refractivity contribution in [2.24, 2.45) is 0 Å². The van der Waals surface area contributed by atoms with Gasteiger partial charge >= 0.3 is 6.09 Å². The molecule has 7 heteroatoms. The minimum atomic E-state index is -0.542. The number of pyridine rings is 1. The summed E-state index contributed by atoms with van der Waals surface area (Å²) in [6, 6.07) is 15.2. The Morgan fingerprint density at radius 1 is 1.17 bits per heavy atom. The number of para-hydroxylation sites is 1. The minimum Gasteiger partial charge on any atom is -0.450 e. The van der Waals surface area contributed by atoms with Gasteiger partial charge in [-0.25, -0.2) is 4.79 Å². The number of aromatic amines is 1. The molecule has 4 rings (SSSR count). The van der Waals surface area contributed by atoms with Crippen LogP contribution in [0.1, 0.15) is 6.92 Å². The van der Waals surface area contributed by atoms with Crippen LogP contribution in [-0.2, 0) is 9.47 Å². The van der Waals surface area contributed by atoms with Crippen molar-refractivity contribution < 1.29 is 14.3 Å². The lowest BCUT2D eigenvalue weighted by Gasteiger charge is -2.30. The smallest absolute Gasteiger partial charge is 0.411 e. The van der Waals surface area contributed by atoms with Crippen LogP contribution in [0, 0.1) is 0 Å². The Labute approximate surface area is 168 Å². The molecule has 0 bridgehead atoms. The highest BCUT2D eigenvalue weighted by atomic mass is 16.5. The van der Waals surface area contributed by atoms with E-state index in [0.29, 0.717) is 24.3 Å². The Hall–Kier alpha value is -3.32. The molecule has 3 aromatic rings. The third kappa shape index (κ3) is 4.09. The number of nitrogens with one attached hydrogen (secondary N) is 2. The van der Waals surface area contributed by atoms with Crippen LogP contribution < -0.4 is 15.8 Å². The first-order chi connectivity index (χ1) is 14.2. The average Bonchev–Trinajstić information content (AvgIpc) is 2.75. The summed E-state index contributed by atoms with van der Waals surface area (Å²) in [5.74, 6) is 0. The normalized spacial score (nSPS) is 14.0. The maximum Gasteiger partial charge on any atom is 0.411 e. The highest BCUT2D eigenvalue weighted by Crippen LogP contribution is 2.31. The van der Waals surface area contributed by atoms with Crippen LogP contribution in [0.25, 0.3) is 22.0 Å². The third-order valence-electron chi connectivity index (χ3n) is 4.91. The van der Waals surface area contributed by atoms with Gasteiger partial charge in [-0.1, -0.05) is 24.3 Å². The Bertz CT molecular complexity index is 1090. The maximum absolute atomic E-state index is 12.8. The molecule has 7 nitrogen and oxygen atoms in total. The third-order valence-corrected chi connectivity index (χ3v) is 4.91. The number of aromatic nitrogens is 1. The number of fused-ring (bicyclic) bond motifs is 1. The zero-order valence-corrected chi connectivity index (χ0v) is 16.2. The molecule has 0 radical (unpaired) electrons. The minimum absolute atomic E-state index is 0.207. The van der Waals surface area contributed by atoms with E-state index in [9.17, 15) is 9.59 Å². The first-order valence-electron chi connectivity index (χ1n) is 9.68. The summed E-state index contributed by atoms with van der Waals surface area (Å²) in [5.41, 5.74) is 3.12. The van der Waals surface area contributed by atoms with E-state index in [2.05, 4.69) is 21.3 Å². The number of amides is 1. The monoisotopic (exact) mass is 393 g/mol. The van der Waals surface area contributed by atoms with Gasteiger partial charge in [0.05, 0.1) is 25.5 Å². The number of nitrogens with zero attached hydrogens (tertiary/aromatic N) is 1. The fourth-order valence-corrected chi connectivity index (χ4v) is 3.55. The van der Waals surface area contributed by atoms with Gasteiger partial charge in [0.15, 0.2) is 0 Å². The Morgan fingerprint density at radius 2 is 1.97 bits per heavy atom. The van der Waals surface area contributed by atoms with E-state index in [1.54, 1.807) is 19.1 Å². The topological polar surface area (TPSA) is 83.7 Å². The maximum atomic E-state index is 12.8. The summed E-state index contributed by atoms with van der Waals surface area (Å²) in [7, 11) is 0. The second-order valence-corrected chi connectivity index (χ2v) is 6.78. The summed E-state index contributed by atoms with van der Waals surface area (Å²) in [6.45, 7) is 5.04. The van der Waals surface area contributed by atoms with E-state index in [-0.39, 0.29) is 12.2 Å². The Morgan fingerprint density at radius 3 is 2.76 bits per heavy atom. The summed E-state index contributed by atoms with van der Waals surface area (Å²) in [5, 5.41) is 3.94. The number of H-pyrrole nitrogens is 1. The molecule has 1 saturated heterocycles. The predicted molar refractivity (Wildman–Crippen MR) is 114 cm³/mol. The molecule has 1 fully saturated rings. The van der Waals surface area contributed by atoms with Gasteiger partial charge in [0.1, 0.15) is 0 Å². The van der Waals surface area contributed by atoms with Gasteiger partial charge in [0, 0.05) is 35.4 Å². The van der Waals surface area contributed by atoms with Crippen LogP contribution in [-0.4, -0.2) is 44.0 Å². The highest BCUT2D eigenvalue weighted by Gasteiger charge is 2.16. The Kier molecular flexibility index (Phi) is 5.48. The summed E-state index contributed by atoms with van der Waals surface area (Å²) in [4.78, 5) is 29.7. The SMILES string of the molecule is CCOC(=O)Nc1ccc2cc(-c3ccccc3N3CCOCC3)[nH]c(=O)c2c1. The number of carbonyl (C=O) groups excluding carboxylic acids is 1. The lowest BCUT2D eigenvalue weighted by atomic mass is 10.0. The number of carbonyl (C=O) groups is 1. The van der Waals surface area contributed by atoms with E-state index in [1.165, 1.54) is 0 Å². The van der Waals surface area contributed by atoms with Gasteiger partial charge < -0.3 is 19.4 Å². The molecule has 150 valence electrons. The van der Waals surface area contributed by atoms with E-state index in [0.717, 1.165) is 35.4 Å². The number of anilines is 2. The first kappa shape index (κ1) is 19.0. The second-order valence-electron chi connectivity index (χ2n) is 6.78. The lowest BCUT2D eigenvalue weighted by molar-refractivity contribution is 0.123. The standard InChI is InChI=1S/C22H23N3O4/c1-2-29-22(27)23-16-8-7-15-13-19(24-21(26)18(15)14-16)17-5-3-4-6-20(17)25-9-11-28-12-10-25/h3-8,13-14H,2,9-12H2,1H3,(H,23,27)(H,24,26). The molecule has 2 heterocycles. The molecule has 0 spiro atoms. The van der Waals surface area contributed by atoms with Crippen LogP contribution in [0.5, 0.6) is 0 Å². The van der Waals surface area contributed by atoms with Crippen LogP contribution in [0.2, 0.25) is 0 Å². The molecule has 1 aliphatic rings. The van der Waals surface area contributed by atoms with E-state index in [1.807, 2.05) is 30.3 Å². The van der Waals surface area contributed by atoms with E-state index in [4.69, 9.17) is 9.47 Å². The number of hydrogen-bond acceptors (Lipinski definition) is 5. The van der Waals surface area contributed by atoms with Crippen LogP contribution >= 0.6 is 0 Å². The number of benzene rings is 2. The van der Waals surface area contributed by atoms with Gasteiger partial charge in [-0.05, 0) is 36.6 Å². The zero-order chi connectivity index (χ0) is 20.2. The quantitative estimate of drug-likeness (QED) is 0.708. The van der Waals surface area contributed by atoms with Gasteiger partial charge in [-0.2, -0.15) is 0 Å². The van der Waals surface area contributed by atoms with E-state index < -0.39 is 6.09 Å². The van der Waals surface area contributed by atoms with Gasteiger partial charge in [0.25, 0.3) is 5.56 Å². The van der Waals surface area contributed by atoms with Crippen molar-refractivity contribution in [1.82, 2.24) is 4.98 Å². The van der Waals surface area contributed by atoms with Crippen molar-refractivity contribution in [1.29, 1.82) is 0 Å².